The van der Waals surface area contributed by atoms with Crippen molar-refractivity contribution in [2.75, 3.05) is 6.61 Å². The van der Waals surface area contributed by atoms with Crippen LogP contribution in [0.5, 0.6) is 0 Å². The lowest BCUT2D eigenvalue weighted by molar-refractivity contribution is -0.160. The molecule has 0 unspecified atom stereocenters. The molecule has 0 aromatic heterocycles. The molecule has 3 aromatic carbocycles. The molecular weight excluding hydrogens is 364 g/mol. The van der Waals surface area contributed by atoms with Crippen LogP contribution in [0.25, 0.3) is 5.57 Å². The summed E-state index contributed by atoms with van der Waals surface area (Å²) in [5, 5.41) is 21.1. The van der Waals surface area contributed by atoms with Crippen molar-refractivity contribution in [1.29, 1.82) is 0 Å². The third-order valence-corrected chi connectivity index (χ3v) is 4.89. The largest absolute Gasteiger partial charge is 0.515 e. The average molecular weight is 388 g/mol. The van der Waals surface area contributed by atoms with Gasteiger partial charge in [0.05, 0.1) is 6.26 Å². The molecule has 4 heteroatoms. The summed E-state index contributed by atoms with van der Waals surface area (Å²) in [5.41, 5.74) is 2.09. The predicted octanol–water partition coefficient (Wildman–Crippen LogP) is 4.68. The minimum absolute atomic E-state index is 0.167. The number of hydrogen-bond donors (Lipinski definition) is 2. The van der Waals surface area contributed by atoms with Crippen molar-refractivity contribution < 1.29 is 19.7 Å². The molecule has 148 valence electrons. The van der Waals surface area contributed by atoms with Crippen LogP contribution >= 0.6 is 0 Å². The molecule has 0 radical (unpaired) electrons. The van der Waals surface area contributed by atoms with Crippen LogP contribution in [0.4, 0.5) is 0 Å². The highest BCUT2D eigenvalue weighted by Gasteiger charge is 2.41. The summed E-state index contributed by atoms with van der Waals surface area (Å²) in [4.78, 5) is 13.1. The summed E-state index contributed by atoms with van der Waals surface area (Å²) in [6.07, 6.45) is 0.916. The molecule has 4 nitrogen and oxygen atoms in total. The fraction of sp³-hybridized carbons (Fsp3) is 0.160. The summed E-state index contributed by atoms with van der Waals surface area (Å²) >= 11 is 0. The first-order valence-corrected chi connectivity index (χ1v) is 9.37. The Bertz CT molecular complexity index is 942. The summed E-state index contributed by atoms with van der Waals surface area (Å²) in [5.74, 6) is -0.805. The fourth-order valence-electron chi connectivity index (χ4n) is 3.09. The van der Waals surface area contributed by atoms with Gasteiger partial charge in [0.2, 0.25) is 5.60 Å². The van der Waals surface area contributed by atoms with Crippen LogP contribution in [0.1, 0.15) is 27.8 Å². The number of esters is 1. The van der Waals surface area contributed by atoms with Crippen molar-refractivity contribution in [2.24, 2.45) is 0 Å². The zero-order valence-electron chi connectivity index (χ0n) is 16.5. The summed E-state index contributed by atoms with van der Waals surface area (Å²) in [6, 6.07) is 23.4. The first kappa shape index (κ1) is 20.4. The Balaban J connectivity index is 1.92. The number of rotatable bonds is 6. The van der Waals surface area contributed by atoms with Crippen molar-refractivity contribution in [3.05, 3.63) is 113 Å². The number of carbonyl (C=O) groups is 1. The van der Waals surface area contributed by atoms with E-state index in [9.17, 15) is 15.0 Å². The molecule has 2 N–H and O–H groups in total. The lowest BCUT2D eigenvalue weighted by Crippen LogP contribution is -2.39. The average Bonchev–Trinajstić information content (AvgIpc) is 2.75. The van der Waals surface area contributed by atoms with Crippen molar-refractivity contribution in [3.8, 4) is 0 Å². The van der Waals surface area contributed by atoms with Gasteiger partial charge in [-0.3, -0.25) is 0 Å². The third kappa shape index (κ3) is 4.39. The second-order valence-corrected chi connectivity index (χ2v) is 7.04. The van der Waals surface area contributed by atoms with E-state index < -0.39 is 11.6 Å². The van der Waals surface area contributed by atoms with Gasteiger partial charge in [-0.2, -0.15) is 0 Å². The molecule has 0 aliphatic carbocycles. The van der Waals surface area contributed by atoms with Crippen LogP contribution < -0.4 is 0 Å². The Morgan fingerprint density at radius 1 is 0.862 bits per heavy atom. The minimum Gasteiger partial charge on any atom is -0.515 e. The SMILES string of the molecule is Cc1ccc(C(O)(C(=O)OCC(=CO)c2ccccc2)c2ccc(C)cc2)cc1. The van der Waals surface area contributed by atoms with Gasteiger partial charge in [-0.05, 0) is 30.5 Å². The van der Waals surface area contributed by atoms with E-state index in [1.165, 1.54) is 0 Å². The first-order chi connectivity index (χ1) is 13.9. The number of hydrogen-bond acceptors (Lipinski definition) is 4. The Hall–Kier alpha value is -3.37. The Morgan fingerprint density at radius 3 is 1.79 bits per heavy atom. The van der Waals surface area contributed by atoms with Gasteiger partial charge in [0.25, 0.3) is 0 Å². The van der Waals surface area contributed by atoms with Gasteiger partial charge in [-0.15, -0.1) is 0 Å². The number of aryl methyl sites for hydroxylation is 2. The normalized spacial score (nSPS) is 11.9. The molecule has 3 rings (SSSR count). The Kier molecular flexibility index (Phi) is 6.15. The number of ether oxygens (including phenoxy) is 1. The van der Waals surface area contributed by atoms with Gasteiger partial charge < -0.3 is 14.9 Å². The molecule has 0 aliphatic rings. The van der Waals surface area contributed by atoms with Crippen molar-refractivity contribution in [3.63, 3.8) is 0 Å². The quantitative estimate of drug-likeness (QED) is 0.475. The Morgan fingerprint density at radius 2 is 1.34 bits per heavy atom. The van der Waals surface area contributed by atoms with Crippen LogP contribution in [0.3, 0.4) is 0 Å². The van der Waals surface area contributed by atoms with Crippen molar-refractivity contribution >= 4 is 11.5 Å². The molecule has 0 saturated carbocycles. The highest BCUT2D eigenvalue weighted by Crippen LogP contribution is 2.32. The third-order valence-electron chi connectivity index (χ3n) is 4.89. The molecule has 0 saturated heterocycles. The minimum atomic E-state index is -1.96. The first-order valence-electron chi connectivity index (χ1n) is 9.37. The standard InChI is InChI=1S/C25H24O4/c1-18-8-12-22(13-9-18)25(28,23-14-10-19(2)11-15-23)24(27)29-17-21(16-26)20-6-4-3-5-7-20/h3-16,26,28H,17H2,1-2H3. The van der Waals surface area contributed by atoms with Crippen LogP contribution in [0.15, 0.2) is 85.1 Å². The zero-order valence-corrected chi connectivity index (χ0v) is 16.5. The van der Waals surface area contributed by atoms with Gasteiger partial charge in [-0.25, -0.2) is 4.79 Å². The maximum absolute atomic E-state index is 13.1. The van der Waals surface area contributed by atoms with Crippen LogP contribution in [0, 0.1) is 13.8 Å². The number of aliphatic hydroxyl groups is 2. The monoisotopic (exact) mass is 388 g/mol. The summed E-state index contributed by atoms with van der Waals surface area (Å²) in [7, 11) is 0. The molecule has 0 bridgehead atoms. The lowest BCUT2D eigenvalue weighted by Gasteiger charge is -2.27. The second-order valence-electron chi connectivity index (χ2n) is 7.04. The predicted molar refractivity (Wildman–Crippen MR) is 113 cm³/mol. The highest BCUT2D eigenvalue weighted by molar-refractivity contribution is 5.86. The Labute approximate surface area is 170 Å². The van der Waals surface area contributed by atoms with Gasteiger partial charge in [-0.1, -0.05) is 90.0 Å². The molecule has 29 heavy (non-hydrogen) atoms. The summed E-state index contributed by atoms with van der Waals surface area (Å²) < 4.78 is 5.47. The van der Waals surface area contributed by atoms with E-state index in [0.29, 0.717) is 16.7 Å². The number of benzene rings is 3. The van der Waals surface area contributed by atoms with E-state index in [0.717, 1.165) is 23.0 Å². The molecule has 0 atom stereocenters. The van der Waals surface area contributed by atoms with Crippen LogP contribution in [0.2, 0.25) is 0 Å². The van der Waals surface area contributed by atoms with Gasteiger partial charge in [0.15, 0.2) is 0 Å². The molecule has 0 fully saturated rings. The molecule has 0 amide bonds. The molecular formula is C25H24O4. The topological polar surface area (TPSA) is 66.8 Å². The van der Waals surface area contributed by atoms with Gasteiger partial charge >= 0.3 is 5.97 Å². The maximum Gasteiger partial charge on any atom is 0.348 e. The van der Waals surface area contributed by atoms with Crippen LogP contribution in [-0.2, 0) is 15.1 Å². The van der Waals surface area contributed by atoms with Gasteiger partial charge in [0, 0.05) is 5.57 Å². The van der Waals surface area contributed by atoms with E-state index >= 15 is 0 Å². The zero-order chi connectivity index (χ0) is 20.9. The summed E-state index contributed by atoms with van der Waals surface area (Å²) in [6.45, 7) is 3.70. The van der Waals surface area contributed by atoms with E-state index in [2.05, 4.69) is 0 Å². The lowest BCUT2D eigenvalue weighted by atomic mass is 9.85. The van der Waals surface area contributed by atoms with E-state index in [4.69, 9.17) is 4.74 Å². The second kappa shape index (κ2) is 8.76. The molecule has 0 spiro atoms. The molecule has 3 aromatic rings. The van der Waals surface area contributed by atoms with Gasteiger partial charge in [0.1, 0.15) is 6.61 Å². The smallest absolute Gasteiger partial charge is 0.348 e. The van der Waals surface area contributed by atoms with E-state index in [1.807, 2.05) is 68.4 Å². The van der Waals surface area contributed by atoms with E-state index in [1.54, 1.807) is 24.3 Å². The highest BCUT2D eigenvalue weighted by atomic mass is 16.5. The number of aliphatic hydroxyl groups excluding tert-OH is 1. The van der Waals surface area contributed by atoms with Crippen LogP contribution in [-0.4, -0.2) is 22.8 Å². The van der Waals surface area contributed by atoms with E-state index in [-0.39, 0.29) is 6.61 Å². The maximum atomic E-state index is 13.1. The fourth-order valence-corrected chi connectivity index (χ4v) is 3.09. The number of carbonyl (C=O) groups excluding carboxylic acids is 1. The molecule has 0 heterocycles. The molecule has 0 aliphatic heterocycles. The van der Waals surface area contributed by atoms with Crippen molar-refractivity contribution in [2.45, 2.75) is 19.4 Å². The van der Waals surface area contributed by atoms with Crippen molar-refractivity contribution in [1.82, 2.24) is 0 Å².